The molecule has 15 atom stereocenters. The Labute approximate surface area is 265 Å². The number of methoxy groups -OCH3 is 8. The molecule has 0 aromatic carbocycles. The largest absolute Gasteiger partial charge is 0.382 e. The number of nitrogens with two attached hydrogens (primary N) is 1. The quantitative estimate of drug-likeness (QED) is 0.211. The van der Waals surface area contributed by atoms with E-state index in [2.05, 4.69) is 5.32 Å². The highest BCUT2D eigenvalue weighted by molar-refractivity contribution is 5.75. The fraction of sp³-hybridized carbons (Fsp3) is 0.966. The molecular formula is C29H54N2O14. The first-order valence-corrected chi connectivity index (χ1v) is 15.1. The van der Waals surface area contributed by atoms with Crippen LogP contribution in [0.2, 0.25) is 0 Å². The maximum atomic E-state index is 12.3. The molecule has 3 aliphatic heterocycles. The molecule has 3 rings (SSSR count). The Morgan fingerprint density at radius 1 is 0.622 bits per heavy atom. The summed E-state index contributed by atoms with van der Waals surface area (Å²) in [5, 5.41) is 2.85. The predicted octanol–water partition coefficient (Wildman–Crippen LogP) is -0.812. The predicted molar refractivity (Wildman–Crippen MR) is 156 cm³/mol. The Bertz CT molecular complexity index is 875. The van der Waals surface area contributed by atoms with Crippen LogP contribution in [0.25, 0.3) is 0 Å². The van der Waals surface area contributed by atoms with Crippen LogP contribution in [0.3, 0.4) is 0 Å². The lowest BCUT2D eigenvalue weighted by Crippen LogP contribution is -2.68. The van der Waals surface area contributed by atoms with Crippen LogP contribution >= 0.6 is 0 Å². The molecule has 264 valence electrons. The summed E-state index contributed by atoms with van der Waals surface area (Å²) in [5.74, 6) is -0.204. The molecule has 16 heteroatoms. The third-order valence-corrected chi connectivity index (χ3v) is 8.59. The van der Waals surface area contributed by atoms with Gasteiger partial charge in [-0.2, -0.15) is 0 Å². The standard InChI is InChI=1S/C29H54N2O14/c1-11-17(32)31-27-24(38-8)22(36-6)19(15(42-27)12-33-3)45-29-26(40-10)23(37-7)20(16(43-29)13-34-4)44-28-25(39-9)21(35-5)18(30)14(2)41-28/h14-16,18-29H,11-13,30H2,1-10H3,(H,31,32)/t14?,15?,16?,18-,19+,20+,21-,22-,23-,24?,25?,26?,27?,28+,29+/m1/s1. The zero-order valence-electron chi connectivity index (χ0n) is 28.1. The van der Waals surface area contributed by atoms with Gasteiger partial charge < -0.3 is 72.6 Å². The van der Waals surface area contributed by atoms with Crippen molar-refractivity contribution in [1.29, 1.82) is 0 Å². The smallest absolute Gasteiger partial charge is 0.221 e. The third kappa shape index (κ3) is 8.69. The van der Waals surface area contributed by atoms with Gasteiger partial charge in [0, 0.05) is 63.3 Å². The van der Waals surface area contributed by atoms with E-state index in [1.54, 1.807) is 42.5 Å². The molecule has 3 heterocycles. The molecular weight excluding hydrogens is 600 g/mol. The van der Waals surface area contributed by atoms with Crippen LogP contribution in [0.5, 0.6) is 0 Å². The van der Waals surface area contributed by atoms with Crippen LogP contribution in [-0.4, -0.2) is 168 Å². The molecule has 0 saturated carbocycles. The van der Waals surface area contributed by atoms with Crippen molar-refractivity contribution in [3.05, 3.63) is 0 Å². The molecule has 3 fully saturated rings. The van der Waals surface area contributed by atoms with Crippen molar-refractivity contribution in [3.8, 4) is 0 Å². The summed E-state index contributed by atoms with van der Waals surface area (Å²) < 4.78 is 78.0. The third-order valence-electron chi connectivity index (χ3n) is 8.59. The monoisotopic (exact) mass is 654 g/mol. The van der Waals surface area contributed by atoms with Gasteiger partial charge in [-0.05, 0) is 6.92 Å². The highest BCUT2D eigenvalue weighted by atomic mass is 16.8. The first kappa shape index (κ1) is 38.4. The van der Waals surface area contributed by atoms with Gasteiger partial charge in [-0.25, -0.2) is 0 Å². The highest BCUT2D eigenvalue weighted by Gasteiger charge is 2.55. The molecule has 0 aromatic rings. The summed E-state index contributed by atoms with van der Waals surface area (Å²) in [4.78, 5) is 12.3. The zero-order chi connectivity index (χ0) is 33.3. The number of carbonyl (C=O) groups excluding carboxylic acids is 1. The lowest BCUT2D eigenvalue weighted by molar-refractivity contribution is -0.374. The summed E-state index contributed by atoms with van der Waals surface area (Å²) in [7, 11) is 12.3. The van der Waals surface area contributed by atoms with Crippen molar-refractivity contribution in [2.45, 2.75) is 112 Å². The summed E-state index contributed by atoms with van der Waals surface area (Å²) >= 11 is 0. The summed E-state index contributed by atoms with van der Waals surface area (Å²) in [6.45, 7) is 3.84. The van der Waals surface area contributed by atoms with Gasteiger partial charge in [0.25, 0.3) is 0 Å². The maximum absolute atomic E-state index is 12.3. The molecule has 0 aliphatic carbocycles. The van der Waals surface area contributed by atoms with Crippen LogP contribution < -0.4 is 11.1 Å². The average molecular weight is 655 g/mol. The van der Waals surface area contributed by atoms with Gasteiger partial charge in [0.2, 0.25) is 5.91 Å². The summed E-state index contributed by atoms with van der Waals surface area (Å²) in [5.41, 5.74) is 6.34. The van der Waals surface area contributed by atoms with Gasteiger partial charge in [-0.3, -0.25) is 4.79 Å². The highest BCUT2D eigenvalue weighted by Crippen LogP contribution is 2.35. The van der Waals surface area contributed by atoms with E-state index in [1.165, 1.54) is 21.3 Å². The first-order valence-electron chi connectivity index (χ1n) is 15.1. The van der Waals surface area contributed by atoms with Crippen molar-refractivity contribution in [2.75, 3.05) is 70.1 Å². The van der Waals surface area contributed by atoms with Gasteiger partial charge in [0.05, 0.1) is 25.4 Å². The maximum Gasteiger partial charge on any atom is 0.221 e. The second-order valence-corrected chi connectivity index (χ2v) is 11.2. The number of amides is 1. The topological polar surface area (TPSA) is 175 Å². The van der Waals surface area contributed by atoms with Gasteiger partial charge in [-0.15, -0.1) is 0 Å². The number of hydrogen-bond donors (Lipinski definition) is 2. The van der Waals surface area contributed by atoms with Crippen molar-refractivity contribution >= 4 is 5.91 Å². The van der Waals surface area contributed by atoms with Crippen LogP contribution in [0.1, 0.15) is 20.3 Å². The van der Waals surface area contributed by atoms with Crippen LogP contribution in [0.15, 0.2) is 0 Å². The molecule has 0 radical (unpaired) electrons. The Morgan fingerprint density at radius 2 is 1.07 bits per heavy atom. The van der Waals surface area contributed by atoms with Crippen molar-refractivity contribution < 1.29 is 66.4 Å². The van der Waals surface area contributed by atoms with E-state index in [9.17, 15) is 4.79 Å². The molecule has 16 nitrogen and oxygen atoms in total. The molecule has 3 saturated heterocycles. The van der Waals surface area contributed by atoms with Gasteiger partial charge in [-0.1, -0.05) is 6.92 Å². The second-order valence-electron chi connectivity index (χ2n) is 11.2. The number of carbonyl (C=O) groups is 1. The zero-order valence-corrected chi connectivity index (χ0v) is 28.1. The minimum atomic E-state index is -1.01. The molecule has 0 bridgehead atoms. The summed E-state index contributed by atoms with van der Waals surface area (Å²) in [6, 6.07) is -0.433. The Morgan fingerprint density at radius 3 is 1.53 bits per heavy atom. The molecule has 7 unspecified atom stereocenters. The number of hydrogen-bond acceptors (Lipinski definition) is 15. The van der Waals surface area contributed by atoms with E-state index in [0.717, 1.165) is 0 Å². The number of nitrogens with one attached hydrogen (secondary N) is 1. The minimum absolute atomic E-state index is 0.121. The lowest BCUT2D eigenvalue weighted by atomic mass is 9.95. The first-order chi connectivity index (χ1) is 21.7. The average Bonchev–Trinajstić information content (AvgIpc) is 3.03. The van der Waals surface area contributed by atoms with Gasteiger partial charge in [0.15, 0.2) is 18.8 Å². The number of rotatable bonds is 16. The van der Waals surface area contributed by atoms with Crippen LogP contribution in [0.4, 0.5) is 0 Å². The molecule has 3 aliphatic rings. The summed E-state index contributed by atoms with van der Waals surface area (Å²) in [6.07, 6.45) is -9.77. The normalized spacial score (nSPS) is 42.4. The van der Waals surface area contributed by atoms with Crippen molar-refractivity contribution in [1.82, 2.24) is 5.32 Å². The van der Waals surface area contributed by atoms with E-state index in [1.807, 2.05) is 6.92 Å². The SMILES string of the molecule is CCC(=O)NC1OC(COC)[C@H](O[C@@H]2OC(COC)[C@H](O[C@@H]3OC(C)[C@@H](N)[C@@H](OC)C3OC)[C@@H](OC)C2OC)[C@@H](OC)C1OC. The Hall–Kier alpha value is -1.09. The van der Waals surface area contributed by atoms with Crippen LogP contribution in [-0.2, 0) is 66.4 Å². The fourth-order valence-corrected chi connectivity index (χ4v) is 6.22. The van der Waals surface area contributed by atoms with E-state index in [0.29, 0.717) is 0 Å². The fourth-order valence-electron chi connectivity index (χ4n) is 6.22. The molecule has 3 N–H and O–H groups in total. The van der Waals surface area contributed by atoms with Gasteiger partial charge >= 0.3 is 0 Å². The van der Waals surface area contributed by atoms with Crippen molar-refractivity contribution in [2.24, 2.45) is 5.73 Å². The van der Waals surface area contributed by atoms with E-state index in [4.69, 9.17) is 67.3 Å². The Kier molecular flexibility index (Phi) is 15.7. The van der Waals surface area contributed by atoms with Crippen molar-refractivity contribution in [3.63, 3.8) is 0 Å². The number of ether oxygens (including phenoxy) is 13. The van der Waals surface area contributed by atoms with E-state index in [-0.39, 0.29) is 31.6 Å². The van der Waals surface area contributed by atoms with Crippen LogP contribution in [0, 0.1) is 0 Å². The van der Waals surface area contributed by atoms with Gasteiger partial charge in [0.1, 0.15) is 61.0 Å². The molecule has 45 heavy (non-hydrogen) atoms. The molecule has 0 spiro atoms. The molecule has 0 aromatic heterocycles. The van der Waals surface area contributed by atoms with E-state index < -0.39 is 85.9 Å². The second kappa shape index (κ2) is 18.5. The minimum Gasteiger partial charge on any atom is -0.382 e. The molecule has 1 amide bonds. The lowest BCUT2D eigenvalue weighted by Gasteiger charge is -2.51. The Balaban J connectivity index is 1.91. The van der Waals surface area contributed by atoms with E-state index >= 15 is 0 Å².